The molecule has 0 spiro atoms. The van der Waals surface area contributed by atoms with E-state index in [9.17, 15) is 14.4 Å². The van der Waals surface area contributed by atoms with Crippen molar-refractivity contribution in [2.45, 2.75) is 24.9 Å². The van der Waals surface area contributed by atoms with Crippen LogP contribution in [0.1, 0.15) is 29.0 Å². The molecule has 2 N–H and O–H groups in total. The van der Waals surface area contributed by atoms with Gasteiger partial charge in [0.2, 0.25) is 5.91 Å². The van der Waals surface area contributed by atoms with E-state index in [-0.39, 0.29) is 38.6 Å². The van der Waals surface area contributed by atoms with Crippen molar-refractivity contribution in [1.82, 2.24) is 10.2 Å². The van der Waals surface area contributed by atoms with E-state index in [2.05, 4.69) is 17.4 Å². The molecule has 1 atom stereocenters. The highest BCUT2D eigenvalue weighted by Crippen LogP contribution is 2.44. The summed E-state index contributed by atoms with van der Waals surface area (Å²) in [4.78, 5) is 38.8. The number of nitrogens with zero attached hydrogens (tertiary/aromatic N) is 1. The molecule has 192 valence electrons. The Balaban J connectivity index is 1.43. The number of hydrogen-bond acceptors (Lipinski definition) is 5. The number of alkyl carbamates (subject to hydrolysis) is 1. The number of ether oxygens (including phenoxy) is 2. The van der Waals surface area contributed by atoms with Crippen LogP contribution in [0.25, 0.3) is 11.1 Å². The number of carboxylic acid groups (broad SMARTS) is 1. The summed E-state index contributed by atoms with van der Waals surface area (Å²) in [5.74, 6) is -1.57. The van der Waals surface area contributed by atoms with Gasteiger partial charge in [0.15, 0.2) is 0 Å². The predicted octanol–water partition coefficient (Wildman–Crippen LogP) is 4.04. The van der Waals surface area contributed by atoms with Crippen LogP contribution in [0, 0.1) is 0 Å². The van der Waals surface area contributed by atoms with Crippen molar-refractivity contribution in [3.05, 3.63) is 95.6 Å². The van der Waals surface area contributed by atoms with E-state index >= 15 is 0 Å². The van der Waals surface area contributed by atoms with Crippen LogP contribution in [-0.4, -0.2) is 60.9 Å². The van der Waals surface area contributed by atoms with E-state index in [0.29, 0.717) is 0 Å². The molecule has 0 radical (unpaired) electrons. The Morgan fingerprint density at radius 1 is 0.919 bits per heavy atom. The molecule has 0 fully saturated rings. The molecule has 0 saturated heterocycles. The lowest BCUT2D eigenvalue weighted by molar-refractivity contribution is -0.139. The summed E-state index contributed by atoms with van der Waals surface area (Å²) in [6.07, 6.45) is -0.960. The summed E-state index contributed by atoms with van der Waals surface area (Å²) in [7, 11) is 1.43. The number of aliphatic carboxylic acids is 1. The summed E-state index contributed by atoms with van der Waals surface area (Å²) >= 11 is 0. The molecule has 3 aromatic rings. The maximum atomic E-state index is 13.4. The minimum absolute atomic E-state index is 0.00432. The second-order valence-corrected chi connectivity index (χ2v) is 8.87. The molecule has 4 rings (SSSR count). The molecule has 8 heteroatoms. The van der Waals surface area contributed by atoms with Gasteiger partial charge < -0.3 is 24.8 Å². The maximum Gasteiger partial charge on any atom is 0.407 e. The number of benzene rings is 3. The second kappa shape index (κ2) is 12.2. The number of rotatable bonds is 11. The Hall–Kier alpha value is -4.17. The predicted molar refractivity (Wildman–Crippen MR) is 138 cm³/mol. The van der Waals surface area contributed by atoms with Crippen LogP contribution in [-0.2, 0) is 25.6 Å². The number of carbonyl (C=O) groups is 3. The first kappa shape index (κ1) is 25.9. The van der Waals surface area contributed by atoms with Crippen LogP contribution in [0.4, 0.5) is 4.79 Å². The first-order valence-electron chi connectivity index (χ1n) is 12.1. The summed E-state index contributed by atoms with van der Waals surface area (Å²) in [6, 6.07) is 24.3. The zero-order valence-corrected chi connectivity index (χ0v) is 20.6. The summed E-state index contributed by atoms with van der Waals surface area (Å²) in [6.45, 7) is 0.233. The van der Waals surface area contributed by atoms with Crippen LogP contribution >= 0.6 is 0 Å². The van der Waals surface area contributed by atoms with Gasteiger partial charge in [0.05, 0.1) is 13.0 Å². The van der Waals surface area contributed by atoms with Gasteiger partial charge in [-0.2, -0.15) is 0 Å². The zero-order valence-electron chi connectivity index (χ0n) is 20.6. The molecule has 37 heavy (non-hydrogen) atoms. The maximum absolute atomic E-state index is 13.4. The van der Waals surface area contributed by atoms with Crippen molar-refractivity contribution in [2.75, 3.05) is 26.9 Å². The Bertz CT molecular complexity index is 1200. The molecule has 0 aliphatic heterocycles. The molecule has 0 bridgehead atoms. The lowest BCUT2D eigenvalue weighted by atomic mass is 9.98. The van der Waals surface area contributed by atoms with E-state index in [1.165, 1.54) is 12.0 Å². The van der Waals surface area contributed by atoms with Gasteiger partial charge in [-0.25, -0.2) is 4.79 Å². The highest BCUT2D eigenvalue weighted by Gasteiger charge is 2.31. The van der Waals surface area contributed by atoms with Crippen molar-refractivity contribution in [1.29, 1.82) is 0 Å². The SMILES string of the molecule is COC[C@H](NC(=O)OCC1c2ccccc2-c2ccccc21)C(=O)N(CCC(=O)O)Cc1ccccc1. The second-order valence-electron chi connectivity index (χ2n) is 8.87. The number of carbonyl (C=O) groups excluding carboxylic acids is 2. The third kappa shape index (κ3) is 6.34. The molecule has 1 aliphatic rings. The third-order valence-electron chi connectivity index (χ3n) is 6.39. The Morgan fingerprint density at radius 2 is 1.51 bits per heavy atom. The molecule has 1 aliphatic carbocycles. The van der Waals surface area contributed by atoms with Crippen LogP contribution in [0.3, 0.4) is 0 Å². The topological polar surface area (TPSA) is 105 Å². The fraction of sp³-hybridized carbons (Fsp3) is 0.276. The van der Waals surface area contributed by atoms with Gasteiger partial charge in [-0.1, -0.05) is 78.9 Å². The van der Waals surface area contributed by atoms with Crippen molar-refractivity contribution in [3.63, 3.8) is 0 Å². The van der Waals surface area contributed by atoms with E-state index in [0.717, 1.165) is 27.8 Å². The normalized spacial score (nSPS) is 12.8. The van der Waals surface area contributed by atoms with Gasteiger partial charge in [-0.15, -0.1) is 0 Å². The lowest BCUT2D eigenvalue weighted by Crippen LogP contribution is -2.51. The molecule has 8 nitrogen and oxygen atoms in total. The third-order valence-corrected chi connectivity index (χ3v) is 6.39. The van der Waals surface area contributed by atoms with Gasteiger partial charge in [0.1, 0.15) is 12.6 Å². The molecule has 3 aromatic carbocycles. The molecule has 0 aromatic heterocycles. The Labute approximate surface area is 215 Å². The highest BCUT2D eigenvalue weighted by molar-refractivity contribution is 5.86. The quantitative estimate of drug-likeness (QED) is 0.410. The van der Waals surface area contributed by atoms with Crippen LogP contribution < -0.4 is 5.32 Å². The monoisotopic (exact) mass is 502 g/mol. The minimum Gasteiger partial charge on any atom is -0.481 e. The number of nitrogens with one attached hydrogen (secondary N) is 1. The average molecular weight is 503 g/mol. The summed E-state index contributed by atoms with van der Waals surface area (Å²) in [5.41, 5.74) is 5.26. The van der Waals surface area contributed by atoms with Gasteiger partial charge in [-0.3, -0.25) is 9.59 Å². The van der Waals surface area contributed by atoms with Crippen molar-refractivity contribution in [2.24, 2.45) is 0 Å². The molecule has 0 unspecified atom stereocenters. The van der Waals surface area contributed by atoms with E-state index in [1.54, 1.807) is 0 Å². The molecular formula is C29H30N2O6. The number of carboxylic acids is 1. The Kier molecular flexibility index (Phi) is 8.53. The summed E-state index contributed by atoms with van der Waals surface area (Å²) < 4.78 is 10.8. The van der Waals surface area contributed by atoms with Gasteiger partial charge >= 0.3 is 12.1 Å². The van der Waals surface area contributed by atoms with Crippen LogP contribution in [0.2, 0.25) is 0 Å². The van der Waals surface area contributed by atoms with E-state index in [1.807, 2.05) is 66.7 Å². The van der Waals surface area contributed by atoms with E-state index in [4.69, 9.17) is 14.6 Å². The highest BCUT2D eigenvalue weighted by atomic mass is 16.5. The van der Waals surface area contributed by atoms with E-state index < -0.39 is 24.0 Å². The molecule has 2 amide bonds. The standard InChI is InChI=1S/C29H30N2O6/c1-36-19-26(28(34)31(16-15-27(32)33)17-20-9-3-2-4-10-20)30-29(35)37-18-25-23-13-7-5-11-21(23)22-12-6-8-14-24(22)25/h2-14,25-26H,15-19H2,1H3,(H,30,35)(H,32,33)/t26-/m0/s1. The van der Waals surface area contributed by atoms with Crippen molar-refractivity contribution in [3.8, 4) is 11.1 Å². The van der Waals surface area contributed by atoms with Crippen LogP contribution in [0.5, 0.6) is 0 Å². The fourth-order valence-electron chi connectivity index (χ4n) is 4.65. The lowest BCUT2D eigenvalue weighted by Gasteiger charge is -2.27. The smallest absolute Gasteiger partial charge is 0.407 e. The van der Waals surface area contributed by atoms with Crippen molar-refractivity contribution < 1.29 is 29.0 Å². The average Bonchev–Trinajstić information content (AvgIpc) is 3.23. The summed E-state index contributed by atoms with van der Waals surface area (Å²) in [5, 5.41) is 11.8. The largest absolute Gasteiger partial charge is 0.481 e. The first-order chi connectivity index (χ1) is 18.0. The zero-order chi connectivity index (χ0) is 26.2. The van der Waals surface area contributed by atoms with Gasteiger partial charge in [0.25, 0.3) is 0 Å². The first-order valence-corrected chi connectivity index (χ1v) is 12.1. The molecule has 0 heterocycles. The number of methoxy groups -OCH3 is 1. The molecular weight excluding hydrogens is 472 g/mol. The molecule has 0 saturated carbocycles. The van der Waals surface area contributed by atoms with Crippen molar-refractivity contribution >= 4 is 18.0 Å². The van der Waals surface area contributed by atoms with Gasteiger partial charge in [0, 0.05) is 26.1 Å². The number of hydrogen-bond donors (Lipinski definition) is 2. The Morgan fingerprint density at radius 3 is 2.11 bits per heavy atom. The fourth-order valence-corrected chi connectivity index (χ4v) is 4.65. The number of fused-ring (bicyclic) bond motifs is 3. The number of amides is 2. The van der Waals surface area contributed by atoms with Gasteiger partial charge in [-0.05, 0) is 27.8 Å². The van der Waals surface area contributed by atoms with Crippen LogP contribution in [0.15, 0.2) is 78.9 Å². The minimum atomic E-state index is -1.03.